The Labute approximate surface area is 310 Å². The van der Waals surface area contributed by atoms with Crippen LogP contribution in [0.4, 0.5) is 17.1 Å². The standard InChI is InChI=1S/C51H51N/c1-2-35-24-32-11-10-12-36(25-32)50(35)46-17-8-6-15-42(46)44-30-40(19-21-48(44)50)52(39-13-4-3-5-14-39)41-20-22-49-45(31-41)43-16-7-9-18-47(43)51(49)37-26-33-23-34(28-37)29-38(51)27-33/h3-9,13-22,30-38H,2,10-12,23-29H2,1H3. The first-order chi connectivity index (χ1) is 25.7. The topological polar surface area (TPSA) is 3.24 Å². The van der Waals surface area contributed by atoms with Crippen LogP contribution < -0.4 is 4.90 Å². The molecule has 1 heteroatoms. The zero-order chi connectivity index (χ0) is 34.2. The maximum Gasteiger partial charge on any atom is 0.0468 e. The molecule has 4 unspecified atom stereocenters. The molecule has 6 bridgehead atoms. The molecule has 0 heterocycles. The number of para-hydroxylation sites is 1. The van der Waals surface area contributed by atoms with E-state index in [0.29, 0.717) is 5.92 Å². The number of hydrogen-bond donors (Lipinski definition) is 0. The fourth-order valence-corrected chi connectivity index (χ4v) is 15.0. The van der Waals surface area contributed by atoms with Crippen molar-refractivity contribution < 1.29 is 0 Å². The molecule has 0 amide bonds. The second-order valence-electron chi connectivity index (χ2n) is 18.3. The van der Waals surface area contributed by atoms with Crippen LogP contribution >= 0.6 is 0 Å². The fourth-order valence-electron chi connectivity index (χ4n) is 15.0. The molecule has 6 saturated carbocycles. The van der Waals surface area contributed by atoms with Crippen molar-refractivity contribution in [3.05, 3.63) is 138 Å². The summed E-state index contributed by atoms with van der Waals surface area (Å²) in [4.78, 5) is 2.56. The van der Waals surface area contributed by atoms with Gasteiger partial charge in [0.1, 0.15) is 0 Å². The van der Waals surface area contributed by atoms with Crippen molar-refractivity contribution in [2.75, 3.05) is 4.90 Å². The minimum absolute atomic E-state index is 0.151. The van der Waals surface area contributed by atoms with Gasteiger partial charge >= 0.3 is 0 Å². The van der Waals surface area contributed by atoms with E-state index >= 15 is 0 Å². The average Bonchev–Trinajstić information content (AvgIpc) is 3.64. The molecule has 6 fully saturated rings. The van der Waals surface area contributed by atoms with Gasteiger partial charge in [-0.15, -0.1) is 0 Å². The fraction of sp³-hybridized carbons (Fsp3) is 0.412. The summed E-state index contributed by atoms with van der Waals surface area (Å²) in [5.74, 6) is 5.88. The predicted molar refractivity (Wildman–Crippen MR) is 214 cm³/mol. The zero-order valence-electron chi connectivity index (χ0n) is 30.7. The summed E-state index contributed by atoms with van der Waals surface area (Å²) in [6, 6.07) is 45.6. The number of nitrogens with zero attached hydrogens (tertiary/aromatic N) is 1. The number of rotatable bonds is 4. The van der Waals surface area contributed by atoms with E-state index in [0.717, 1.165) is 35.5 Å². The highest BCUT2D eigenvalue weighted by atomic mass is 15.1. The molecule has 0 aromatic heterocycles. The molecule has 5 aromatic carbocycles. The lowest BCUT2D eigenvalue weighted by Gasteiger charge is -2.61. The van der Waals surface area contributed by atoms with E-state index in [4.69, 9.17) is 0 Å². The summed E-state index contributed by atoms with van der Waals surface area (Å²) in [7, 11) is 0. The van der Waals surface area contributed by atoms with E-state index < -0.39 is 0 Å². The number of hydrogen-bond acceptors (Lipinski definition) is 1. The Hall–Kier alpha value is -4.10. The molecule has 1 nitrogen and oxygen atoms in total. The highest BCUT2D eigenvalue weighted by molar-refractivity contribution is 5.90. The normalized spacial score (nSPS) is 33.9. The second-order valence-corrected chi connectivity index (χ2v) is 18.3. The summed E-state index contributed by atoms with van der Waals surface area (Å²) >= 11 is 0. The predicted octanol–water partition coefficient (Wildman–Crippen LogP) is 13.4. The van der Waals surface area contributed by atoms with E-state index in [1.807, 2.05) is 0 Å². The first-order valence-corrected chi connectivity index (χ1v) is 21.0. The second kappa shape index (κ2) is 11.0. The van der Waals surface area contributed by atoms with Crippen LogP contribution in [0.5, 0.6) is 0 Å². The van der Waals surface area contributed by atoms with E-state index in [9.17, 15) is 0 Å². The first kappa shape index (κ1) is 30.4. The minimum Gasteiger partial charge on any atom is -0.310 e. The lowest BCUT2D eigenvalue weighted by molar-refractivity contribution is -0.0399. The Morgan fingerprint density at radius 1 is 0.462 bits per heavy atom. The van der Waals surface area contributed by atoms with E-state index in [-0.39, 0.29) is 10.8 Å². The molecule has 260 valence electrons. The molecule has 0 radical (unpaired) electrons. The summed E-state index contributed by atoms with van der Waals surface area (Å²) < 4.78 is 0. The van der Waals surface area contributed by atoms with Crippen LogP contribution in [0.3, 0.4) is 0 Å². The van der Waals surface area contributed by atoms with Gasteiger partial charge in [-0.1, -0.05) is 105 Å². The van der Waals surface area contributed by atoms with Gasteiger partial charge in [-0.3, -0.25) is 0 Å². The summed E-state index contributed by atoms with van der Waals surface area (Å²) in [5.41, 5.74) is 16.6. The monoisotopic (exact) mass is 677 g/mol. The Morgan fingerprint density at radius 3 is 1.63 bits per heavy atom. The Balaban J connectivity index is 1.03. The molecule has 8 aliphatic carbocycles. The van der Waals surface area contributed by atoms with Crippen molar-refractivity contribution in [1.29, 1.82) is 0 Å². The smallest absolute Gasteiger partial charge is 0.0468 e. The van der Waals surface area contributed by atoms with Gasteiger partial charge < -0.3 is 4.90 Å². The Morgan fingerprint density at radius 2 is 1.00 bits per heavy atom. The van der Waals surface area contributed by atoms with Gasteiger partial charge in [0.15, 0.2) is 0 Å². The highest BCUT2D eigenvalue weighted by Gasteiger charge is 2.62. The van der Waals surface area contributed by atoms with E-state index in [2.05, 4.69) is 127 Å². The van der Waals surface area contributed by atoms with Crippen molar-refractivity contribution in [3.8, 4) is 22.3 Å². The average molecular weight is 678 g/mol. The van der Waals surface area contributed by atoms with Gasteiger partial charge in [0.05, 0.1) is 0 Å². The zero-order valence-corrected chi connectivity index (χ0v) is 30.7. The third kappa shape index (κ3) is 3.81. The van der Waals surface area contributed by atoms with Gasteiger partial charge in [-0.05, 0) is 174 Å². The van der Waals surface area contributed by atoms with Crippen LogP contribution in [-0.2, 0) is 10.8 Å². The van der Waals surface area contributed by atoms with Gasteiger partial charge in [0, 0.05) is 27.9 Å². The van der Waals surface area contributed by atoms with Crippen molar-refractivity contribution in [2.45, 2.75) is 88.4 Å². The van der Waals surface area contributed by atoms with Gasteiger partial charge in [-0.25, -0.2) is 0 Å². The van der Waals surface area contributed by atoms with Gasteiger partial charge in [0.2, 0.25) is 0 Å². The lowest BCUT2D eigenvalue weighted by Crippen LogP contribution is -2.55. The maximum absolute atomic E-state index is 2.59. The van der Waals surface area contributed by atoms with Crippen LogP contribution in [-0.4, -0.2) is 0 Å². The van der Waals surface area contributed by atoms with Crippen LogP contribution in [0.1, 0.15) is 99.8 Å². The summed E-state index contributed by atoms with van der Waals surface area (Å²) in [5, 5.41) is 0. The van der Waals surface area contributed by atoms with Crippen molar-refractivity contribution in [3.63, 3.8) is 0 Å². The maximum atomic E-state index is 2.59. The highest BCUT2D eigenvalue weighted by Crippen LogP contribution is 2.70. The molecule has 8 aliphatic rings. The summed E-state index contributed by atoms with van der Waals surface area (Å²) in [6.07, 6.45) is 15.5. The molecular formula is C51H51N. The third-order valence-electron chi connectivity index (χ3n) is 16.4. The molecule has 0 saturated heterocycles. The third-order valence-corrected chi connectivity index (χ3v) is 16.4. The SMILES string of the molecule is CCC1CC2CCCC(C2)C12c1ccccc1-c1cc(N(c3ccccc3)c3ccc4c(c3)-c3ccccc3C43C4CC5CC(C4)CC3C5)ccc12. The van der Waals surface area contributed by atoms with E-state index in [1.165, 1.54) is 110 Å². The Bertz CT molecular complexity index is 2200. The molecule has 0 N–H and O–H groups in total. The van der Waals surface area contributed by atoms with Crippen LogP contribution in [0, 0.1) is 41.4 Å². The molecule has 5 aromatic rings. The van der Waals surface area contributed by atoms with Crippen molar-refractivity contribution in [1.82, 2.24) is 0 Å². The van der Waals surface area contributed by atoms with Crippen molar-refractivity contribution >= 4 is 17.1 Å². The number of fused-ring (bicyclic) bond motifs is 11. The molecule has 52 heavy (non-hydrogen) atoms. The minimum atomic E-state index is 0.151. The largest absolute Gasteiger partial charge is 0.310 e. The van der Waals surface area contributed by atoms with Crippen LogP contribution in [0.25, 0.3) is 22.3 Å². The summed E-state index contributed by atoms with van der Waals surface area (Å²) in [6.45, 7) is 2.47. The molecule has 0 aliphatic heterocycles. The molecule has 13 rings (SSSR count). The number of anilines is 3. The van der Waals surface area contributed by atoms with Crippen LogP contribution in [0.15, 0.2) is 115 Å². The van der Waals surface area contributed by atoms with Crippen LogP contribution in [0.2, 0.25) is 0 Å². The van der Waals surface area contributed by atoms with Crippen molar-refractivity contribution in [2.24, 2.45) is 41.4 Å². The van der Waals surface area contributed by atoms with Gasteiger partial charge in [0.25, 0.3) is 0 Å². The van der Waals surface area contributed by atoms with E-state index in [1.54, 1.807) is 22.3 Å². The molecule has 4 atom stereocenters. The Kier molecular flexibility index (Phi) is 6.41. The number of benzene rings is 5. The first-order valence-electron chi connectivity index (χ1n) is 21.0. The molecular weight excluding hydrogens is 627 g/mol. The molecule has 2 spiro atoms. The van der Waals surface area contributed by atoms with Gasteiger partial charge in [-0.2, -0.15) is 0 Å². The lowest BCUT2D eigenvalue weighted by atomic mass is 9.43. The quantitative estimate of drug-likeness (QED) is 0.183.